The molecule has 2 rings (SSSR count). The van der Waals surface area contributed by atoms with Gasteiger partial charge in [-0.25, -0.2) is 0 Å². The summed E-state index contributed by atoms with van der Waals surface area (Å²) in [6, 6.07) is 2.22. The first-order valence-electron chi connectivity index (χ1n) is 6.61. The molecule has 0 fully saturated rings. The first-order chi connectivity index (χ1) is 9.01. The van der Waals surface area contributed by atoms with Crippen molar-refractivity contribution < 1.29 is 4.79 Å². The standard InChI is InChI=1S/C14H20N4O/c1-5-13-12(9-17(4)16-13)14(19)8-11-6-7-18(15-11)10(2)3/h6-7,9-10H,5,8H2,1-4H3. The molecule has 2 aromatic rings. The molecule has 2 heterocycles. The van der Waals surface area contributed by atoms with Gasteiger partial charge < -0.3 is 0 Å². The second-order valence-electron chi connectivity index (χ2n) is 5.00. The van der Waals surface area contributed by atoms with E-state index in [4.69, 9.17) is 0 Å². The van der Waals surface area contributed by atoms with E-state index in [0.717, 1.165) is 17.8 Å². The molecule has 2 aromatic heterocycles. The highest BCUT2D eigenvalue weighted by Crippen LogP contribution is 2.12. The largest absolute Gasteiger partial charge is 0.294 e. The highest BCUT2D eigenvalue weighted by atomic mass is 16.1. The summed E-state index contributed by atoms with van der Waals surface area (Å²) >= 11 is 0. The molecule has 0 spiro atoms. The normalized spacial score (nSPS) is 11.2. The number of hydrogen-bond acceptors (Lipinski definition) is 3. The van der Waals surface area contributed by atoms with Crippen LogP contribution in [0.3, 0.4) is 0 Å². The van der Waals surface area contributed by atoms with Crippen LogP contribution in [-0.2, 0) is 19.9 Å². The number of carbonyl (C=O) groups excluding carboxylic acids is 1. The first kappa shape index (κ1) is 13.5. The highest BCUT2D eigenvalue weighted by Gasteiger charge is 2.16. The van der Waals surface area contributed by atoms with Crippen molar-refractivity contribution in [3.05, 3.63) is 35.4 Å². The number of rotatable bonds is 5. The van der Waals surface area contributed by atoms with Gasteiger partial charge in [-0.1, -0.05) is 6.92 Å². The quantitative estimate of drug-likeness (QED) is 0.774. The molecular weight excluding hydrogens is 240 g/mol. The van der Waals surface area contributed by atoms with Crippen LogP contribution in [-0.4, -0.2) is 25.3 Å². The maximum Gasteiger partial charge on any atom is 0.172 e. The summed E-state index contributed by atoms with van der Waals surface area (Å²) in [5.74, 6) is 0.0824. The number of ketones is 1. The number of aromatic nitrogens is 4. The van der Waals surface area contributed by atoms with Crippen LogP contribution in [0.2, 0.25) is 0 Å². The summed E-state index contributed by atoms with van der Waals surface area (Å²) < 4.78 is 3.56. The minimum atomic E-state index is 0.0824. The zero-order valence-electron chi connectivity index (χ0n) is 11.9. The van der Waals surface area contributed by atoms with E-state index in [1.807, 2.05) is 30.9 Å². The average molecular weight is 260 g/mol. The lowest BCUT2D eigenvalue weighted by molar-refractivity contribution is 0.0990. The number of carbonyl (C=O) groups is 1. The van der Waals surface area contributed by atoms with Gasteiger partial charge in [0.15, 0.2) is 5.78 Å². The second-order valence-corrected chi connectivity index (χ2v) is 5.00. The van der Waals surface area contributed by atoms with Gasteiger partial charge in [-0.3, -0.25) is 14.2 Å². The Bertz CT molecular complexity index is 580. The Morgan fingerprint density at radius 1 is 1.37 bits per heavy atom. The van der Waals surface area contributed by atoms with Crippen molar-refractivity contribution in [3.63, 3.8) is 0 Å². The van der Waals surface area contributed by atoms with Gasteiger partial charge in [0, 0.05) is 25.5 Å². The lowest BCUT2D eigenvalue weighted by Gasteiger charge is -2.03. The minimum Gasteiger partial charge on any atom is -0.294 e. The Morgan fingerprint density at radius 2 is 2.11 bits per heavy atom. The van der Waals surface area contributed by atoms with E-state index in [-0.39, 0.29) is 5.78 Å². The van der Waals surface area contributed by atoms with Gasteiger partial charge in [0.2, 0.25) is 0 Å². The van der Waals surface area contributed by atoms with Gasteiger partial charge in [0.25, 0.3) is 0 Å². The molecule has 0 aromatic carbocycles. The van der Waals surface area contributed by atoms with Crippen LogP contribution < -0.4 is 0 Å². The van der Waals surface area contributed by atoms with Crippen LogP contribution in [0.5, 0.6) is 0 Å². The summed E-state index contributed by atoms with van der Waals surface area (Å²) in [4.78, 5) is 12.3. The predicted molar refractivity (Wildman–Crippen MR) is 73.2 cm³/mol. The third-order valence-corrected chi connectivity index (χ3v) is 3.07. The van der Waals surface area contributed by atoms with Gasteiger partial charge in [-0.05, 0) is 26.3 Å². The van der Waals surface area contributed by atoms with E-state index in [0.29, 0.717) is 18.0 Å². The summed E-state index contributed by atoms with van der Waals surface area (Å²) in [6.45, 7) is 6.14. The summed E-state index contributed by atoms with van der Waals surface area (Å²) in [6.07, 6.45) is 4.80. The fourth-order valence-electron chi connectivity index (χ4n) is 2.05. The fourth-order valence-corrected chi connectivity index (χ4v) is 2.05. The van der Waals surface area contributed by atoms with Crippen molar-refractivity contribution in [1.82, 2.24) is 19.6 Å². The molecule has 0 amide bonds. The van der Waals surface area contributed by atoms with E-state index in [1.165, 1.54) is 0 Å². The third-order valence-electron chi connectivity index (χ3n) is 3.07. The zero-order valence-corrected chi connectivity index (χ0v) is 11.9. The predicted octanol–water partition coefficient (Wildman–Crippen LogP) is 2.19. The van der Waals surface area contributed by atoms with Crippen LogP contribution in [0, 0.1) is 0 Å². The monoisotopic (exact) mass is 260 g/mol. The third kappa shape index (κ3) is 2.92. The van der Waals surface area contributed by atoms with Crippen molar-refractivity contribution in [2.24, 2.45) is 7.05 Å². The van der Waals surface area contributed by atoms with E-state index in [9.17, 15) is 4.79 Å². The smallest absolute Gasteiger partial charge is 0.172 e. The molecule has 0 atom stereocenters. The number of aryl methyl sites for hydroxylation is 2. The van der Waals surface area contributed by atoms with Gasteiger partial charge in [0.1, 0.15) is 0 Å². The van der Waals surface area contributed by atoms with Crippen LogP contribution >= 0.6 is 0 Å². The van der Waals surface area contributed by atoms with Crippen molar-refractivity contribution >= 4 is 5.78 Å². The lowest BCUT2D eigenvalue weighted by Crippen LogP contribution is -2.07. The zero-order chi connectivity index (χ0) is 14.0. The molecule has 5 heteroatoms. The maximum atomic E-state index is 12.3. The number of nitrogens with zero attached hydrogens (tertiary/aromatic N) is 4. The SMILES string of the molecule is CCc1nn(C)cc1C(=O)Cc1ccn(C(C)C)n1. The van der Waals surface area contributed by atoms with E-state index in [2.05, 4.69) is 24.0 Å². The molecule has 19 heavy (non-hydrogen) atoms. The maximum absolute atomic E-state index is 12.3. The fraction of sp³-hybridized carbons (Fsp3) is 0.500. The molecule has 0 saturated heterocycles. The minimum absolute atomic E-state index is 0.0824. The number of hydrogen-bond donors (Lipinski definition) is 0. The highest BCUT2D eigenvalue weighted by molar-refractivity contribution is 5.98. The Morgan fingerprint density at radius 3 is 2.68 bits per heavy atom. The first-order valence-corrected chi connectivity index (χ1v) is 6.61. The lowest BCUT2D eigenvalue weighted by atomic mass is 10.1. The Kier molecular flexibility index (Phi) is 3.83. The van der Waals surface area contributed by atoms with Crippen LogP contribution in [0.25, 0.3) is 0 Å². The Labute approximate surface area is 113 Å². The van der Waals surface area contributed by atoms with Crippen molar-refractivity contribution in [3.8, 4) is 0 Å². The molecule has 0 aliphatic heterocycles. The second kappa shape index (κ2) is 5.38. The average Bonchev–Trinajstić information content (AvgIpc) is 2.95. The summed E-state index contributed by atoms with van der Waals surface area (Å²) in [5, 5.41) is 8.70. The molecule has 0 radical (unpaired) electrons. The van der Waals surface area contributed by atoms with Crippen LogP contribution in [0.4, 0.5) is 0 Å². The van der Waals surface area contributed by atoms with Gasteiger partial charge in [-0.2, -0.15) is 10.2 Å². The van der Waals surface area contributed by atoms with Crippen LogP contribution in [0.1, 0.15) is 48.6 Å². The van der Waals surface area contributed by atoms with E-state index < -0.39 is 0 Å². The van der Waals surface area contributed by atoms with Gasteiger partial charge >= 0.3 is 0 Å². The molecule has 0 bridgehead atoms. The van der Waals surface area contributed by atoms with Crippen molar-refractivity contribution in [2.75, 3.05) is 0 Å². The van der Waals surface area contributed by atoms with Crippen LogP contribution in [0.15, 0.2) is 18.5 Å². The molecule has 102 valence electrons. The Hall–Kier alpha value is -1.91. The van der Waals surface area contributed by atoms with Crippen molar-refractivity contribution in [1.29, 1.82) is 0 Å². The van der Waals surface area contributed by atoms with Gasteiger partial charge in [-0.15, -0.1) is 0 Å². The summed E-state index contributed by atoms with van der Waals surface area (Å²) in [5.41, 5.74) is 2.38. The molecule has 0 aliphatic rings. The van der Waals surface area contributed by atoms with Gasteiger partial charge in [0.05, 0.1) is 23.4 Å². The topological polar surface area (TPSA) is 52.7 Å². The Balaban J connectivity index is 2.15. The van der Waals surface area contributed by atoms with E-state index in [1.54, 1.807) is 10.9 Å². The molecule has 5 nitrogen and oxygen atoms in total. The molecule has 0 saturated carbocycles. The molecule has 0 aliphatic carbocycles. The molecule has 0 N–H and O–H groups in total. The van der Waals surface area contributed by atoms with E-state index >= 15 is 0 Å². The number of Topliss-reactive ketones (excluding diaryl/α,β-unsaturated/α-hetero) is 1. The summed E-state index contributed by atoms with van der Waals surface area (Å²) in [7, 11) is 1.84. The van der Waals surface area contributed by atoms with Crippen molar-refractivity contribution in [2.45, 2.75) is 39.7 Å². The molecular formula is C14H20N4O. The molecule has 0 unspecified atom stereocenters.